The van der Waals surface area contributed by atoms with E-state index in [1.54, 1.807) is 0 Å². The molecule has 1 aromatic rings. The molecule has 4 nitrogen and oxygen atoms in total. The topological polar surface area (TPSA) is 33.7 Å². The quantitative estimate of drug-likeness (QED) is 0.908. The monoisotopic (exact) mass is 298 g/mol. The van der Waals surface area contributed by atoms with Crippen LogP contribution in [0.4, 0.5) is 0 Å². The molecule has 2 fully saturated rings. The number of ether oxygens (including phenoxy) is 2. The minimum atomic E-state index is 0. The van der Waals surface area contributed by atoms with Gasteiger partial charge in [0.2, 0.25) is 0 Å². The van der Waals surface area contributed by atoms with E-state index in [0.717, 1.165) is 39.5 Å². The van der Waals surface area contributed by atoms with Crippen LogP contribution in [-0.4, -0.2) is 56.4 Å². The second-order valence-electron chi connectivity index (χ2n) is 5.33. The van der Waals surface area contributed by atoms with Gasteiger partial charge in [0.1, 0.15) is 0 Å². The fourth-order valence-electron chi connectivity index (χ4n) is 2.77. The lowest BCUT2D eigenvalue weighted by Gasteiger charge is -2.42. The number of benzene rings is 1. The number of fused-ring (bicyclic) bond motifs is 1. The Balaban J connectivity index is 0.00000147. The molecule has 2 aliphatic heterocycles. The summed E-state index contributed by atoms with van der Waals surface area (Å²) in [6, 6.07) is 11.3. The van der Waals surface area contributed by atoms with Gasteiger partial charge in [0, 0.05) is 31.7 Å². The van der Waals surface area contributed by atoms with Crippen LogP contribution in [0.1, 0.15) is 5.56 Å². The molecule has 0 amide bonds. The van der Waals surface area contributed by atoms with Crippen molar-refractivity contribution in [1.29, 1.82) is 0 Å². The van der Waals surface area contributed by atoms with E-state index >= 15 is 0 Å². The van der Waals surface area contributed by atoms with E-state index in [-0.39, 0.29) is 12.4 Å². The Kier molecular flexibility index (Phi) is 6.26. The van der Waals surface area contributed by atoms with Crippen LogP contribution < -0.4 is 5.32 Å². The van der Waals surface area contributed by atoms with Gasteiger partial charge >= 0.3 is 0 Å². The average Bonchev–Trinajstić information content (AvgIpc) is 2.48. The summed E-state index contributed by atoms with van der Waals surface area (Å²) >= 11 is 0. The molecule has 0 saturated carbocycles. The van der Waals surface area contributed by atoms with Crippen LogP contribution >= 0.6 is 12.4 Å². The Morgan fingerprint density at radius 1 is 1.30 bits per heavy atom. The van der Waals surface area contributed by atoms with Gasteiger partial charge in [-0.3, -0.25) is 4.90 Å². The molecule has 0 radical (unpaired) electrons. The molecule has 112 valence electrons. The SMILES string of the molecule is Cl.c1ccc(COC[C@@H]2CN3CCOC[C@@H]3CN2)cc1. The van der Waals surface area contributed by atoms with Gasteiger partial charge in [-0.15, -0.1) is 12.4 Å². The van der Waals surface area contributed by atoms with E-state index in [1.807, 2.05) is 6.07 Å². The zero-order valence-corrected chi connectivity index (χ0v) is 12.5. The Morgan fingerprint density at radius 2 is 2.15 bits per heavy atom. The van der Waals surface area contributed by atoms with Crippen molar-refractivity contribution >= 4 is 12.4 Å². The first-order valence-corrected chi connectivity index (χ1v) is 7.08. The maximum absolute atomic E-state index is 5.82. The molecule has 3 rings (SSSR count). The molecule has 5 heteroatoms. The molecular weight excluding hydrogens is 276 g/mol. The van der Waals surface area contributed by atoms with Gasteiger partial charge in [-0.25, -0.2) is 0 Å². The van der Waals surface area contributed by atoms with Crippen LogP contribution in [0, 0.1) is 0 Å². The van der Waals surface area contributed by atoms with Gasteiger partial charge < -0.3 is 14.8 Å². The molecule has 0 bridgehead atoms. The molecule has 1 N–H and O–H groups in total. The van der Waals surface area contributed by atoms with E-state index in [2.05, 4.69) is 34.5 Å². The van der Waals surface area contributed by atoms with Gasteiger partial charge in [-0.2, -0.15) is 0 Å². The second-order valence-corrected chi connectivity index (χ2v) is 5.33. The van der Waals surface area contributed by atoms with Crippen LogP contribution in [0.25, 0.3) is 0 Å². The Bertz CT molecular complexity index is 391. The van der Waals surface area contributed by atoms with E-state index in [1.165, 1.54) is 5.56 Å². The molecule has 2 saturated heterocycles. The first-order valence-electron chi connectivity index (χ1n) is 7.08. The molecular formula is C15H23ClN2O2. The number of halogens is 1. The molecule has 20 heavy (non-hydrogen) atoms. The van der Waals surface area contributed by atoms with Crippen LogP contribution in [0.2, 0.25) is 0 Å². The standard InChI is InChI=1S/C15H22N2O2.ClH/c1-2-4-13(5-3-1)10-19-11-14-9-17-6-7-18-12-15(17)8-16-14;/h1-5,14-16H,6-12H2;1H/t14-,15-;/m0./s1. The smallest absolute Gasteiger partial charge is 0.0717 e. The summed E-state index contributed by atoms with van der Waals surface area (Å²) in [4.78, 5) is 2.52. The predicted octanol–water partition coefficient (Wildman–Crippen LogP) is 1.30. The molecule has 2 aliphatic rings. The number of morpholine rings is 1. The highest BCUT2D eigenvalue weighted by atomic mass is 35.5. The van der Waals surface area contributed by atoms with Crippen molar-refractivity contribution in [3.05, 3.63) is 35.9 Å². The van der Waals surface area contributed by atoms with Crippen molar-refractivity contribution in [2.75, 3.05) is 39.5 Å². The highest BCUT2D eigenvalue weighted by molar-refractivity contribution is 5.85. The highest BCUT2D eigenvalue weighted by Gasteiger charge is 2.29. The van der Waals surface area contributed by atoms with E-state index in [9.17, 15) is 0 Å². The zero-order chi connectivity index (χ0) is 12.9. The maximum Gasteiger partial charge on any atom is 0.0717 e. The van der Waals surface area contributed by atoms with Crippen molar-refractivity contribution in [1.82, 2.24) is 10.2 Å². The molecule has 2 heterocycles. The van der Waals surface area contributed by atoms with E-state index in [0.29, 0.717) is 18.7 Å². The zero-order valence-electron chi connectivity index (χ0n) is 11.7. The molecule has 0 aliphatic carbocycles. The Labute approximate surface area is 126 Å². The molecule has 0 aromatic heterocycles. The molecule has 0 unspecified atom stereocenters. The Morgan fingerprint density at radius 3 is 3.00 bits per heavy atom. The number of piperazine rings is 1. The number of nitrogens with zero attached hydrogens (tertiary/aromatic N) is 1. The van der Waals surface area contributed by atoms with Crippen LogP contribution in [-0.2, 0) is 16.1 Å². The van der Waals surface area contributed by atoms with Gasteiger partial charge in [0.25, 0.3) is 0 Å². The van der Waals surface area contributed by atoms with Gasteiger partial charge in [-0.05, 0) is 5.56 Å². The van der Waals surface area contributed by atoms with Crippen LogP contribution in [0.3, 0.4) is 0 Å². The number of rotatable bonds is 4. The lowest BCUT2D eigenvalue weighted by atomic mass is 10.1. The summed E-state index contributed by atoms with van der Waals surface area (Å²) in [5.41, 5.74) is 1.24. The van der Waals surface area contributed by atoms with Gasteiger partial charge in [-0.1, -0.05) is 30.3 Å². The van der Waals surface area contributed by atoms with E-state index in [4.69, 9.17) is 9.47 Å². The fraction of sp³-hybridized carbons (Fsp3) is 0.600. The number of hydrogen-bond acceptors (Lipinski definition) is 4. The predicted molar refractivity (Wildman–Crippen MR) is 81.3 cm³/mol. The second kappa shape index (κ2) is 7.96. The molecule has 1 aromatic carbocycles. The Hall–Kier alpha value is -0.650. The summed E-state index contributed by atoms with van der Waals surface area (Å²) in [7, 11) is 0. The van der Waals surface area contributed by atoms with Crippen molar-refractivity contribution in [3.8, 4) is 0 Å². The normalized spacial score (nSPS) is 26.6. The average molecular weight is 299 g/mol. The van der Waals surface area contributed by atoms with Gasteiger partial charge in [0.15, 0.2) is 0 Å². The third kappa shape index (κ3) is 4.17. The van der Waals surface area contributed by atoms with Gasteiger partial charge in [0.05, 0.1) is 26.4 Å². The fourth-order valence-corrected chi connectivity index (χ4v) is 2.77. The first kappa shape index (κ1) is 15.7. The summed E-state index contributed by atoms with van der Waals surface area (Å²) in [6.07, 6.45) is 0. The minimum absolute atomic E-state index is 0. The number of hydrogen-bond donors (Lipinski definition) is 1. The van der Waals surface area contributed by atoms with Crippen LogP contribution in [0.15, 0.2) is 30.3 Å². The van der Waals surface area contributed by atoms with Crippen molar-refractivity contribution in [3.63, 3.8) is 0 Å². The van der Waals surface area contributed by atoms with Crippen molar-refractivity contribution in [2.45, 2.75) is 18.7 Å². The summed E-state index contributed by atoms with van der Waals surface area (Å²) < 4.78 is 11.3. The third-order valence-electron chi connectivity index (χ3n) is 3.88. The lowest BCUT2D eigenvalue weighted by Crippen LogP contribution is -2.61. The molecule has 0 spiro atoms. The molecule has 2 atom stereocenters. The minimum Gasteiger partial charge on any atom is -0.378 e. The highest BCUT2D eigenvalue weighted by Crippen LogP contribution is 2.12. The third-order valence-corrected chi connectivity index (χ3v) is 3.88. The summed E-state index contributed by atoms with van der Waals surface area (Å²) in [5, 5.41) is 3.56. The van der Waals surface area contributed by atoms with Crippen LogP contribution in [0.5, 0.6) is 0 Å². The van der Waals surface area contributed by atoms with E-state index < -0.39 is 0 Å². The largest absolute Gasteiger partial charge is 0.378 e. The summed E-state index contributed by atoms with van der Waals surface area (Å²) in [6.45, 7) is 6.35. The van der Waals surface area contributed by atoms with Crippen molar-refractivity contribution in [2.24, 2.45) is 0 Å². The first-order chi connectivity index (χ1) is 9.42. The maximum atomic E-state index is 5.82. The van der Waals surface area contributed by atoms with Crippen molar-refractivity contribution < 1.29 is 9.47 Å². The number of nitrogens with one attached hydrogen (secondary N) is 1. The summed E-state index contributed by atoms with van der Waals surface area (Å²) in [5.74, 6) is 0. The lowest BCUT2D eigenvalue weighted by molar-refractivity contribution is -0.0363.